The molecule has 1 nitrogen and oxygen atoms in total. The van der Waals surface area contributed by atoms with Crippen LogP contribution in [0.4, 0.5) is 0 Å². The van der Waals surface area contributed by atoms with Gasteiger partial charge in [-0.15, -0.1) is 11.3 Å². The molecule has 2 heteroatoms. The van der Waals surface area contributed by atoms with E-state index in [-0.39, 0.29) is 0 Å². The first-order valence-corrected chi connectivity index (χ1v) is 16.2. The zero-order chi connectivity index (χ0) is 29.5. The Morgan fingerprint density at radius 2 is 0.889 bits per heavy atom. The molecule has 208 valence electrons. The summed E-state index contributed by atoms with van der Waals surface area (Å²) in [7, 11) is 0. The van der Waals surface area contributed by atoms with Crippen LogP contribution in [0.25, 0.3) is 96.5 Å². The number of hydrogen-bond acceptors (Lipinski definition) is 2. The summed E-state index contributed by atoms with van der Waals surface area (Å²) in [6.45, 7) is 0. The molecule has 0 N–H and O–H groups in total. The van der Waals surface area contributed by atoms with Gasteiger partial charge < -0.3 is 0 Å². The number of thiophene rings is 1. The van der Waals surface area contributed by atoms with Crippen LogP contribution < -0.4 is 0 Å². The third kappa shape index (κ3) is 3.64. The van der Waals surface area contributed by atoms with Crippen molar-refractivity contribution < 1.29 is 0 Å². The molecule has 0 saturated carbocycles. The average molecular weight is 588 g/mol. The van der Waals surface area contributed by atoms with E-state index >= 15 is 0 Å². The van der Waals surface area contributed by atoms with Crippen LogP contribution in [-0.2, 0) is 0 Å². The summed E-state index contributed by atoms with van der Waals surface area (Å²) >= 11 is 1.87. The molecular weight excluding hydrogens is 563 g/mol. The predicted molar refractivity (Wildman–Crippen MR) is 196 cm³/mol. The fourth-order valence-electron chi connectivity index (χ4n) is 7.39. The second-order valence-electron chi connectivity index (χ2n) is 11.9. The number of nitrogens with zero attached hydrogens (tertiary/aromatic N) is 1. The second kappa shape index (κ2) is 9.46. The topological polar surface area (TPSA) is 12.9 Å². The number of fused-ring (bicyclic) bond motifs is 13. The standard InChI is InChI=1S/C43H25NS/c1-2-10-26(11-3-1)43-36-22-23-40-42(35-16-8-9-17-39(35)45-40)41(36)34-21-19-28(25-38(34)44-43)27-18-20-33-31-14-5-4-12-29(31)30-13-6-7-15-32(30)37(33)24-27/h1-25H. The maximum Gasteiger partial charge on any atom is 0.0788 e. The minimum Gasteiger partial charge on any atom is -0.247 e. The number of rotatable bonds is 2. The van der Waals surface area contributed by atoms with Gasteiger partial charge in [-0.05, 0) is 67.7 Å². The molecule has 10 aromatic rings. The lowest BCUT2D eigenvalue weighted by molar-refractivity contribution is 1.43. The summed E-state index contributed by atoms with van der Waals surface area (Å²) in [5, 5.41) is 14.1. The van der Waals surface area contributed by atoms with E-state index in [9.17, 15) is 0 Å². The Labute approximate surface area is 263 Å². The summed E-state index contributed by atoms with van der Waals surface area (Å²) < 4.78 is 2.63. The van der Waals surface area contributed by atoms with Crippen LogP contribution in [0.5, 0.6) is 0 Å². The number of aromatic nitrogens is 1. The molecule has 0 amide bonds. The summed E-state index contributed by atoms with van der Waals surface area (Å²) in [6.07, 6.45) is 0. The van der Waals surface area contributed by atoms with E-state index in [1.165, 1.54) is 79.8 Å². The molecule has 0 aliphatic heterocycles. The molecule has 2 heterocycles. The van der Waals surface area contributed by atoms with Gasteiger partial charge in [-0.1, -0.05) is 127 Å². The van der Waals surface area contributed by atoms with Gasteiger partial charge in [-0.2, -0.15) is 0 Å². The van der Waals surface area contributed by atoms with Crippen molar-refractivity contribution in [3.63, 3.8) is 0 Å². The van der Waals surface area contributed by atoms with Gasteiger partial charge in [-0.3, -0.25) is 0 Å². The third-order valence-electron chi connectivity index (χ3n) is 9.42. The molecule has 0 bridgehead atoms. The van der Waals surface area contributed by atoms with Crippen molar-refractivity contribution in [2.24, 2.45) is 0 Å². The van der Waals surface area contributed by atoms with Gasteiger partial charge in [0.2, 0.25) is 0 Å². The van der Waals surface area contributed by atoms with Crippen LogP contribution >= 0.6 is 11.3 Å². The van der Waals surface area contributed by atoms with Crippen molar-refractivity contribution >= 4 is 85.5 Å². The van der Waals surface area contributed by atoms with Crippen LogP contribution in [0.3, 0.4) is 0 Å². The van der Waals surface area contributed by atoms with Crippen molar-refractivity contribution in [1.29, 1.82) is 0 Å². The van der Waals surface area contributed by atoms with E-state index < -0.39 is 0 Å². The fourth-order valence-corrected chi connectivity index (χ4v) is 8.51. The maximum absolute atomic E-state index is 5.39. The lowest BCUT2D eigenvalue weighted by Gasteiger charge is -2.14. The van der Waals surface area contributed by atoms with Gasteiger partial charge in [0, 0.05) is 41.9 Å². The van der Waals surface area contributed by atoms with Crippen molar-refractivity contribution in [3.05, 3.63) is 152 Å². The normalized spacial score (nSPS) is 12.0. The highest BCUT2D eigenvalue weighted by molar-refractivity contribution is 7.26. The monoisotopic (exact) mass is 587 g/mol. The Hall–Kier alpha value is -5.57. The zero-order valence-electron chi connectivity index (χ0n) is 24.3. The first kappa shape index (κ1) is 24.8. The minimum absolute atomic E-state index is 1.02. The molecule has 0 atom stereocenters. The van der Waals surface area contributed by atoms with Crippen molar-refractivity contribution in [2.45, 2.75) is 0 Å². The van der Waals surface area contributed by atoms with Crippen LogP contribution in [-0.4, -0.2) is 4.98 Å². The lowest BCUT2D eigenvalue weighted by atomic mass is 9.91. The smallest absolute Gasteiger partial charge is 0.0788 e. The first-order valence-electron chi connectivity index (χ1n) is 15.4. The summed E-state index contributed by atoms with van der Waals surface area (Å²) in [5.41, 5.74) is 5.56. The summed E-state index contributed by atoms with van der Waals surface area (Å²) in [6, 6.07) is 55.3. The van der Waals surface area contributed by atoms with E-state index in [1.54, 1.807) is 0 Å². The predicted octanol–water partition coefficient (Wildman–Crippen LogP) is 12.5. The fraction of sp³-hybridized carbons (Fsp3) is 0. The molecule has 0 aliphatic carbocycles. The van der Waals surface area contributed by atoms with Crippen molar-refractivity contribution in [2.75, 3.05) is 0 Å². The Morgan fingerprint density at radius 1 is 0.333 bits per heavy atom. The Balaban J connectivity index is 1.28. The highest BCUT2D eigenvalue weighted by Crippen LogP contribution is 2.44. The largest absolute Gasteiger partial charge is 0.247 e. The maximum atomic E-state index is 5.39. The molecular formula is C43H25NS. The first-order chi connectivity index (χ1) is 22.3. The van der Waals surface area contributed by atoms with Gasteiger partial charge in [0.1, 0.15) is 0 Å². The van der Waals surface area contributed by atoms with Crippen LogP contribution in [0.1, 0.15) is 0 Å². The van der Waals surface area contributed by atoms with Gasteiger partial charge >= 0.3 is 0 Å². The van der Waals surface area contributed by atoms with E-state index in [0.717, 1.165) is 16.8 Å². The molecule has 8 aromatic carbocycles. The SMILES string of the molecule is c1ccc(-c2nc3cc(-c4ccc5c6ccccc6c6ccccc6c5c4)ccc3c3c2ccc2sc4ccccc4c23)cc1. The molecule has 10 rings (SSSR count). The van der Waals surface area contributed by atoms with Gasteiger partial charge in [0.25, 0.3) is 0 Å². The number of hydrogen-bond donors (Lipinski definition) is 0. The Kier molecular flexibility index (Phi) is 5.22. The van der Waals surface area contributed by atoms with Gasteiger partial charge in [0.15, 0.2) is 0 Å². The average Bonchev–Trinajstić information content (AvgIpc) is 3.50. The van der Waals surface area contributed by atoms with Gasteiger partial charge in [-0.25, -0.2) is 4.98 Å². The minimum atomic E-state index is 1.02. The molecule has 0 unspecified atom stereocenters. The second-order valence-corrected chi connectivity index (χ2v) is 13.0. The van der Waals surface area contributed by atoms with E-state index in [1.807, 2.05) is 11.3 Å². The molecule has 0 aliphatic rings. The lowest BCUT2D eigenvalue weighted by Crippen LogP contribution is -1.91. The molecule has 0 radical (unpaired) electrons. The van der Waals surface area contributed by atoms with Crippen molar-refractivity contribution in [3.8, 4) is 22.4 Å². The number of benzene rings is 8. The molecule has 2 aromatic heterocycles. The molecule has 0 fully saturated rings. The number of pyridine rings is 1. The highest BCUT2D eigenvalue weighted by atomic mass is 32.1. The third-order valence-corrected chi connectivity index (χ3v) is 10.6. The molecule has 0 saturated heterocycles. The quantitative estimate of drug-likeness (QED) is 0.183. The van der Waals surface area contributed by atoms with Crippen molar-refractivity contribution in [1.82, 2.24) is 4.98 Å². The van der Waals surface area contributed by atoms with Crippen LogP contribution in [0, 0.1) is 0 Å². The molecule has 0 spiro atoms. The highest BCUT2D eigenvalue weighted by Gasteiger charge is 2.17. The summed E-state index contributed by atoms with van der Waals surface area (Å²) in [4.78, 5) is 5.39. The van der Waals surface area contributed by atoms with Crippen LogP contribution in [0.15, 0.2) is 152 Å². The van der Waals surface area contributed by atoms with E-state index in [0.29, 0.717) is 0 Å². The van der Waals surface area contributed by atoms with E-state index in [4.69, 9.17) is 4.98 Å². The Bertz CT molecular complexity index is 2770. The Morgan fingerprint density at radius 3 is 1.62 bits per heavy atom. The zero-order valence-corrected chi connectivity index (χ0v) is 25.1. The van der Waals surface area contributed by atoms with Crippen LogP contribution in [0.2, 0.25) is 0 Å². The van der Waals surface area contributed by atoms with E-state index in [2.05, 4.69) is 152 Å². The summed E-state index contributed by atoms with van der Waals surface area (Å²) in [5.74, 6) is 0. The molecule has 45 heavy (non-hydrogen) atoms. The van der Waals surface area contributed by atoms with Gasteiger partial charge in [0.05, 0.1) is 11.2 Å².